The first-order valence-corrected chi connectivity index (χ1v) is 10.6. The Balaban J connectivity index is 1.64. The Bertz CT molecular complexity index is 1160. The molecule has 0 spiro atoms. The summed E-state index contributed by atoms with van der Waals surface area (Å²) in [5.41, 5.74) is 2.53. The molecule has 0 radical (unpaired) electrons. The lowest BCUT2D eigenvalue weighted by molar-refractivity contribution is -0.122. The molecule has 1 amide bonds. The van der Waals surface area contributed by atoms with Gasteiger partial charge in [-0.05, 0) is 35.6 Å². The molecule has 148 valence electrons. The number of fused-ring (bicyclic) bond motifs is 1. The van der Waals surface area contributed by atoms with Gasteiger partial charge in [-0.15, -0.1) is 11.3 Å². The minimum absolute atomic E-state index is 0.00916. The zero-order chi connectivity index (χ0) is 20.2. The van der Waals surface area contributed by atoms with E-state index in [9.17, 15) is 9.59 Å². The summed E-state index contributed by atoms with van der Waals surface area (Å²) in [6.45, 7) is 2.66. The first-order chi connectivity index (χ1) is 14.2. The smallest absolute Gasteiger partial charge is 0.329 e. The quantitative estimate of drug-likeness (QED) is 0.501. The number of hydrogen-bond donors (Lipinski definition) is 1. The van der Waals surface area contributed by atoms with Crippen molar-refractivity contribution >= 4 is 28.3 Å². The van der Waals surface area contributed by atoms with Gasteiger partial charge in [0.1, 0.15) is 6.54 Å². The average Bonchev–Trinajstić information content (AvgIpc) is 3.36. The third-order valence-electron chi connectivity index (χ3n) is 4.94. The molecule has 1 atom stereocenters. The Hall–Kier alpha value is -3.12. The highest BCUT2D eigenvalue weighted by atomic mass is 32.1. The highest BCUT2D eigenvalue weighted by Crippen LogP contribution is 2.26. The average molecular weight is 406 g/mol. The molecule has 1 N–H and O–H groups in total. The Labute approximate surface area is 173 Å². The third kappa shape index (κ3) is 3.89. The van der Waals surface area contributed by atoms with Crippen LogP contribution in [0.2, 0.25) is 0 Å². The van der Waals surface area contributed by atoms with E-state index in [0.717, 1.165) is 27.9 Å². The molecule has 4 rings (SSSR count). The maximum atomic E-state index is 13.0. The maximum absolute atomic E-state index is 13.0. The van der Waals surface area contributed by atoms with Crippen LogP contribution in [0.25, 0.3) is 11.0 Å². The van der Waals surface area contributed by atoms with Crippen LogP contribution in [-0.4, -0.2) is 15.0 Å². The minimum Gasteiger partial charge on any atom is -0.343 e. The number of imidazole rings is 1. The van der Waals surface area contributed by atoms with Crippen molar-refractivity contribution in [2.45, 2.75) is 32.5 Å². The number of aromatic nitrogens is 2. The first-order valence-electron chi connectivity index (χ1n) is 9.75. The molecule has 0 bridgehead atoms. The molecule has 2 aromatic heterocycles. The Morgan fingerprint density at radius 1 is 0.966 bits per heavy atom. The predicted octanol–water partition coefficient (Wildman–Crippen LogP) is 4.18. The fourth-order valence-corrected chi connectivity index (χ4v) is 4.44. The SMILES string of the molecule is CCCn1c(=O)n(CC(=O)N[C@@H](c2ccccc2)c2cccs2)c2ccccc21. The maximum Gasteiger partial charge on any atom is 0.329 e. The second-order valence-electron chi connectivity index (χ2n) is 6.94. The molecule has 0 saturated carbocycles. The number of benzene rings is 2. The van der Waals surface area contributed by atoms with Gasteiger partial charge in [-0.25, -0.2) is 4.79 Å². The van der Waals surface area contributed by atoms with Crippen LogP contribution in [0.4, 0.5) is 0 Å². The van der Waals surface area contributed by atoms with Gasteiger partial charge >= 0.3 is 5.69 Å². The van der Waals surface area contributed by atoms with Gasteiger partial charge in [-0.3, -0.25) is 13.9 Å². The van der Waals surface area contributed by atoms with Gasteiger partial charge in [0.2, 0.25) is 5.91 Å². The summed E-state index contributed by atoms with van der Waals surface area (Å²) in [5.74, 6) is -0.186. The number of nitrogens with zero attached hydrogens (tertiary/aromatic N) is 2. The summed E-state index contributed by atoms with van der Waals surface area (Å²) in [6, 6.07) is 21.3. The molecule has 0 saturated heterocycles. The fraction of sp³-hybridized carbons (Fsp3) is 0.217. The molecule has 29 heavy (non-hydrogen) atoms. The summed E-state index contributed by atoms with van der Waals surface area (Å²) >= 11 is 1.60. The third-order valence-corrected chi connectivity index (χ3v) is 5.88. The molecular formula is C23H23N3O2S. The molecule has 0 aliphatic heterocycles. The van der Waals surface area contributed by atoms with E-state index in [1.807, 2.05) is 79.0 Å². The number of carbonyl (C=O) groups is 1. The highest BCUT2D eigenvalue weighted by molar-refractivity contribution is 7.10. The van der Waals surface area contributed by atoms with Crippen LogP contribution in [0.15, 0.2) is 76.9 Å². The Kier molecular flexibility index (Phi) is 5.62. The first kappa shape index (κ1) is 19.2. The standard InChI is InChI=1S/C23H23N3O2S/c1-2-14-25-18-11-6-7-12-19(18)26(23(25)28)16-21(27)24-22(20-13-8-15-29-20)17-9-4-3-5-10-17/h3-13,15,22H,2,14,16H2,1H3,(H,24,27)/t22-/m0/s1. The van der Waals surface area contributed by atoms with Crippen molar-refractivity contribution in [1.29, 1.82) is 0 Å². The van der Waals surface area contributed by atoms with Gasteiger partial charge < -0.3 is 5.32 Å². The van der Waals surface area contributed by atoms with Gasteiger partial charge in [0.05, 0.1) is 17.1 Å². The number of carbonyl (C=O) groups excluding carboxylic acids is 1. The number of amides is 1. The summed E-state index contributed by atoms with van der Waals surface area (Å²) in [6.07, 6.45) is 0.856. The van der Waals surface area contributed by atoms with Crippen molar-refractivity contribution in [2.75, 3.05) is 0 Å². The minimum atomic E-state index is -0.233. The monoisotopic (exact) mass is 405 g/mol. The molecule has 4 aromatic rings. The number of rotatable bonds is 7. The molecule has 0 aliphatic rings. The van der Waals surface area contributed by atoms with Crippen molar-refractivity contribution in [1.82, 2.24) is 14.5 Å². The molecule has 0 unspecified atom stereocenters. The molecule has 5 nitrogen and oxygen atoms in total. The molecular weight excluding hydrogens is 382 g/mol. The van der Waals surface area contributed by atoms with E-state index >= 15 is 0 Å². The van der Waals surface area contributed by atoms with Gasteiger partial charge in [0.25, 0.3) is 0 Å². The molecule has 0 fully saturated rings. The molecule has 2 aromatic carbocycles. The van der Waals surface area contributed by atoms with E-state index in [0.29, 0.717) is 6.54 Å². The van der Waals surface area contributed by atoms with Crippen molar-refractivity contribution in [3.05, 3.63) is 93.0 Å². The number of aryl methyl sites for hydroxylation is 1. The predicted molar refractivity (Wildman–Crippen MR) is 117 cm³/mol. The summed E-state index contributed by atoms with van der Waals surface area (Å²) in [4.78, 5) is 27.0. The number of para-hydroxylation sites is 2. The zero-order valence-corrected chi connectivity index (χ0v) is 17.1. The van der Waals surface area contributed by atoms with Crippen LogP contribution >= 0.6 is 11.3 Å². The van der Waals surface area contributed by atoms with Gasteiger partial charge in [-0.2, -0.15) is 0 Å². The lowest BCUT2D eigenvalue weighted by Gasteiger charge is -2.18. The molecule has 0 aliphatic carbocycles. The second kappa shape index (κ2) is 8.49. The van der Waals surface area contributed by atoms with Crippen LogP contribution in [0.5, 0.6) is 0 Å². The van der Waals surface area contributed by atoms with Gasteiger partial charge in [-0.1, -0.05) is 55.5 Å². The van der Waals surface area contributed by atoms with Crippen LogP contribution in [0.3, 0.4) is 0 Å². The zero-order valence-electron chi connectivity index (χ0n) is 16.2. The van der Waals surface area contributed by atoms with Crippen molar-refractivity contribution in [2.24, 2.45) is 0 Å². The van der Waals surface area contributed by atoms with Crippen molar-refractivity contribution in [3.8, 4) is 0 Å². The summed E-state index contributed by atoms with van der Waals surface area (Å²) in [7, 11) is 0. The topological polar surface area (TPSA) is 56.0 Å². The normalized spacial score (nSPS) is 12.2. The Morgan fingerprint density at radius 2 is 1.66 bits per heavy atom. The second-order valence-corrected chi connectivity index (χ2v) is 7.91. The van der Waals surface area contributed by atoms with Crippen LogP contribution in [0.1, 0.15) is 29.8 Å². The molecule has 2 heterocycles. The van der Waals surface area contributed by atoms with Crippen molar-refractivity contribution < 1.29 is 4.79 Å². The van der Waals surface area contributed by atoms with Crippen LogP contribution in [-0.2, 0) is 17.9 Å². The van der Waals surface area contributed by atoms with E-state index in [1.165, 1.54) is 0 Å². The largest absolute Gasteiger partial charge is 0.343 e. The van der Waals surface area contributed by atoms with E-state index in [2.05, 4.69) is 5.32 Å². The fourth-order valence-electron chi connectivity index (χ4n) is 3.63. The number of thiophene rings is 1. The van der Waals surface area contributed by atoms with E-state index in [1.54, 1.807) is 20.5 Å². The van der Waals surface area contributed by atoms with Crippen LogP contribution < -0.4 is 11.0 Å². The van der Waals surface area contributed by atoms with E-state index < -0.39 is 0 Å². The van der Waals surface area contributed by atoms with E-state index in [4.69, 9.17) is 0 Å². The van der Waals surface area contributed by atoms with Gasteiger partial charge in [0, 0.05) is 11.4 Å². The Morgan fingerprint density at radius 3 is 2.31 bits per heavy atom. The highest BCUT2D eigenvalue weighted by Gasteiger charge is 2.20. The lowest BCUT2D eigenvalue weighted by Crippen LogP contribution is -2.35. The summed E-state index contributed by atoms with van der Waals surface area (Å²) in [5, 5.41) is 5.12. The van der Waals surface area contributed by atoms with E-state index in [-0.39, 0.29) is 24.2 Å². The molecule has 6 heteroatoms. The van der Waals surface area contributed by atoms with Crippen molar-refractivity contribution in [3.63, 3.8) is 0 Å². The summed E-state index contributed by atoms with van der Waals surface area (Å²) < 4.78 is 3.31. The van der Waals surface area contributed by atoms with Gasteiger partial charge in [0.15, 0.2) is 0 Å². The lowest BCUT2D eigenvalue weighted by atomic mass is 10.1. The van der Waals surface area contributed by atoms with Crippen LogP contribution in [0, 0.1) is 0 Å². The number of nitrogens with one attached hydrogen (secondary N) is 1. The number of hydrogen-bond acceptors (Lipinski definition) is 3.